The summed E-state index contributed by atoms with van der Waals surface area (Å²) in [5, 5.41) is 2.77. The van der Waals surface area contributed by atoms with Crippen molar-refractivity contribution in [3.05, 3.63) is 35.4 Å². The number of fused-ring (bicyclic) bond motifs is 1. The van der Waals surface area contributed by atoms with Crippen LogP contribution in [-0.4, -0.2) is 29.7 Å². The summed E-state index contributed by atoms with van der Waals surface area (Å²) in [6.07, 6.45) is 0.127. The smallest absolute Gasteiger partial charge is 0.321 e. The molecule has 0 saturated heterocycles. The molecule has 1 aliphatic carbocycles. The highest BCUT2D eigenvalue weighted by Gasteiger charge is 2.35. The predicted molar refractivity (Wildman–Crippen MR) is 72.3 cm³/mol. The van der Waals surface area contributed by atoms with Crippen molar-refractivity contribution >= 4 is 35.1 Å². The van der Waals surface area contributed by atoms with Gasteiger partial charge in [-0.3, -0.25) is 9.59 Å². The van der Waals surface area contributed by atoms with E-state index in [0.29, 0.717) is 6.42 Å². The third-order valence-electron chi connectivity index (χ3n) is 3.01. The van der Waals surface area contributed by atoms with Crippen LogP contribution in [0.15, 0.2) is 24.3 Å². The summed E-state index contributed by atoms with van der Waals surface area (Å²) in [5.74, 6) is -1.13. The Bertz CT molecular complexity index is 493. The molecule has 1 aromatic rings. The molecule has 1 aliphatic rings. The molecule has 0 fully saturated rings. The second kappa shape index (κ2) is 6.26. The van der Waals surface area contributed by atoms with Crippen LogP contribution < -0.4 is 5.32 Å². The van der Waals surface area contributed by atoms with Crippen molar-refractivity contribution in [1.82, 2.24) is 5.32 Å². The van der Waals surface area contributed by atoms with E-state index in [9.17, 15) is 9.59 Å². The highest BCUT2D eigenvalue weighted by Crippen LogP contribution is 2.33. The van der Waals surface area contributed by atoms with Crippen molar-refractivity contribution in [2.75, 3.05) is 11.8 Å². The number of hydrogen-bond donors (Lipinski definition) is 1. The molecule has 1 amide bonds. The summed E-state index contributed by atoms with van der Waals surface area (Å²) >= 11 is 10.9. The molecule has 1 aromatic carbocycles. The first-order chi connectivity index (χ1) is 9.15. The molecular formula is C13H13Cl2NO3. The molecular weight excluding hydrogens is 289 g/mol. The fourth-order valence-corrected chi connectivity index (χ4v) is 2.39. The molecule has 6 heteroatoms. The Morgan fingerprint density at radius 3 is 2.68 bits per heavy atom. The average molecular weight is 302 g/mol. The Morgan fingerprint density at radius 1 is 1.26 bits per heavy atom. The second-order valence-electron chi connectivity index (χ2n) is 4.24. The Labute approximate surface area is 121 Å². The van der Waals surface area contributed by atoms with Crippen LogP contribution in [0.3, 0.4) is 0 Å². The molecule has 0 radical (unpaired) electrons. The first-order valence-electron chi connectivity index (χ1n) is 5.84. The fourth-order valence-electron chi connectivity index (χ4n) is 2.25. The van der Waals surface area contributed by atoms with Crippen molar-refractivity contribution in [2.24, 2.45) is 0 Å². The fraction of sp³-hybridized carbons (Fsp3) is 0.385. The lowest BCUT2D eigenvalue weighted by Gasteiger charge is -2.21. The van der Waals surface area contributed by atoms with Gasteiger partial charge in [0.1, 0.15) is 17.9 Å². The number of alkyl halides is 2. The van der Waals surface area contributed by atoms with E-state index in [1.165, 1.54) is 0 Å². The lowest BCUT2D eigenvalue weighted by Crippen LogP contribution is -2.37. The van der Waals surface area contributed by atoms with Crippen molar-refractivity contribution in [2.45, 2.75) is 18.6 Å². The van der Waals surface area contributed by atoms with E-state index in [4.69, 9.17) is 27.9 Å². The number of rotatable bonds is 4. The maximum Gasteiger partial charge on any atom is 0.321 e. The zero-order valence-electron chi connectivity index (χ0n) is 10.1. The van der Waals surface area contributed by atoms with E-state index in [2.05, 4.69) is 5.32 Å². The second-order valence-corrected chi connectivity index (χ2v) is 4.78. The SMILES string of the molecule is O=C(CCl)N[C@@H]1c2ccccc2C[C@@H]1OC(=O)CCl. The van der Waals surface area contributed by atoms with Crippen LogP contribution in [0.4, 0.5) is 0 Å². The third kappa shape index (κ3) is 3.19. The van der Waals surface area contributed by atoms with Crippen molar-refractivity contribution < 1.29 is 14.3 Å². The summed E-state index contributed by atoms with van der Waals surface area (Å²) in [4.78, 5) is 22.8. The normalized spacial score (nSPS) is 20.7. The topological polar surface area (TPSA) is 55.4 Å². The van der Waals surface area contributed by atoms with Gasteiger partial charge in [0, 0.05) is 6.42 Å². The van der Waals surface area contributed by atoms with Gasteiger partial charge in [-0.2, -0.15) is 0 Å². The number of hydrogen-bond acceptors (Lipinski definition) is 3. The molecule has 0 saturated carbocycles. The molecule has 0 aromatic heterocycles. The minimum Gasteiger partial charge on any atom is -0.459 e. The van der Waals surface area contributed by atoms with Crippen LogP contribution in [0.2, 0.25) is 0 Å². The summed E-state index contributed by atoms with van der Waals surface area (Å²) in [7, 11) is 0. The van der Waals surface area contributed by atoms with Gasteiger partial charge >= 0.3 is 5.97 Å². The molecule has 0 unspecified atom stereocenters. The highest BCUT2D eigenvalue weighted by atomic mass is 35.5. The zero-order chi connectivity index (χ0) is 13.8. The lowest BCUT2D eigenvalue weighted by atomic mass is 10.1. The lowest BCUT2D eigenvalue weighted by molar-refractivity contribution is -0.147. The first-order valence-corrected chi connectivity index (χ1v) is 6.91. The van der Waals surface area contributed by atoms with Gasteiger partial charge in [0.2, 0.25) is 5.91 Å². The molecule has 0 bridgehead atoms. The predicted octanol–water partition coefficient (Wildman–Crippen LogP) is 1.79. The van der Waals surface area contributed by atoms with Crippen LogP contribution in [0.1, 0.15) is 17.2 Å². The average Bonchev–Trinajstić information content (AvgIpc) is 2.76. The van der Waals surface area contributed by atoms with Crippen molar-refractivity contribution in [1.29, 1.82) is 0 Å². The number of amides is 1. The molecule has 0 spiro atoms. The number of ether oxygens (including phenoxy) is 1. The Hall–Kier alpha value is -1.26. The summed E-state index contributed by atoms with van der Waals surface area (Å²) < 4.78 is 5.27. The van der Waals surface area contributed by atoms with Gasteiger partial charge in [0.15, 0.2) is 0 Å². The van der Waals surface area contributed by atoms with E-state index in [1.54, 1.807) is 0 Å². The Kier molecular flexibility index (Phi) is 4.66. The van der Waals surface area contributed by atoms with E-state index in [0.717, 1.165) is 11.1 Å². The maximum absolute atomic E-state index is 11.5. The van der Waals surface area contributed by atoms with E-state index >= 15 is 0 Å². The number of benzene rings is 1. The number of nitrogens with one attached hydrogen (secondary N) is 1. The molecule has 2 rings (SSSR count). The van der Waals surface area contributed by atoms with Crippen LogP contribution in [-0.2, 0) is 20.7 Å². The minimum atomic E-state index is -0.496. The summed E-state index contributed by atoms with van der Waals surface area (Å²) in [6, 6.07) is 7.27. The molecule has 0 aliphatic heterocycles. The van der Waals surface area contributed by atoms with Crippen molar-refractivity contribution in [3.63, 3.8) is 0 Å². The minimum absolute atomic E-state index is 0.130. The summed E-state index contributed by atoms with van der Waals surface area (Å²) in [5.41, 5.74) is 2.00. The zero-order valence-corrected chi connectivity index (χ0v) is 11.6. The van der Waals surface area contributed by atoms with E-state index in [1.807, 2.05) is 24.3 Å². The molecule has 0 heterocycles. The number of carbonyl (C=O) groups is 2. The van der Waals surface area contributed by atoms with Crippen LogP contribution in [0.25, 0.3) is 0 Å². The highest BCUT2D eigenvalue weighted by molar-refractivity contribution is 6.27. The van der Waals surface area contributed by atoms with Crippen LogP contribution in [0, 0.1) is 0 Å². The van der Waals surface area contributed by atoms with Gasteiger partial charge in [-0.15, -0.1) is 23.2 Å². The molecule has 2 atom stereocenters. The van der Waals surface area contributed by atoms with Crippen molar-refractivity contribution in [3.8, 4) is 0 Å². The Morgan fingerprint density at radius 2 is 2.00 bits per heavy atom. The monoisotopic (exact) mass is 301 g/mol. The van der Waals surface area contributed by atoms with Gasteiger partial charge < -0.3 is 10.1 Å². The molecule has 102 valence electrons. The quantitative estimate of drug-likeness (QED) is 0.681. The van der Waals surface area contributed by atoms with Gasteiger partial charge in [0.25, 0.3) is 0 Å². The van der Waals surface area contributed by atoms with E-state index in [-0.39, 0.29) is 23.7 Å². The van der Waals surface area contributed by atoms with Gasteiger partial charge in [-0.25, -0.2) is 0 Å². The Balaban J connectivity index is 2.20. The number of carbonyl (C=O) groups excluding carboxylic acids is 2. The molecule has 19 heavy (non-hydrogen) atoms. The third-order valence-corrected chi connectivity index (χ3v) is 3.47. The van der Waals surface area contributed by atoms with Crippen LogP contribution in [0.5, 0.6) is 0 Å². The van der Waals surface area contributed by atoms with Gasteiger partial charge in [-0.05, 0) is 11.1 Å². The molecule has 4 nitrogen and oxygen atoms in total. The van der Waals surface area contributed by atoms with Gasteiger partial charge in [-0.1, -0.05) is 24.3 Å². The van der Waals surface area contributed by atoms with Crippen LogP contribution >= 0.6 is 23.2 Å². The number of halogens is 2. The summed E-state index contributed by atoms with van der Waals surface area (Å²) in [6.45, 7) is 0. The van der Waals surface area contributed by atoms with E-state index < -0.39 is 12.1 Å². The largest absolute Gasteiger partial charge is 0.459 e. The first kappa shape index (κ1) is 14.2. The van der Waals surface area contributed by atoms with Gasteiger partial charge in [0.05, 0.1) is 6.04 Å². The standard InChI is InChI=1S/C13H13Cl2NO3/c14-6-11(17)16-13-9-4-2-1-3-8(9)5-10(13)19-12(18)7-15/h1-4,10,13H,5-7H2,(H,16,17)/t10-,13+/m0/s1. The molecule has 1 N–H and O–H groups in total. The number of esters is 1. The maximum atomic E-state index is 11.5.